The van der Waals surface area contributed by atoms with Crippen molar-refractivity contribution in [2.24, 2.45) is 5.92 Å². The van der Waals surface area contributed by atoms with Crippen molar-refractivity contribution in [3.63, 3.8) is 0 Å². The van der Waals surface area contributed by atoms with Crippen LogP contribution in [0.5, 0.6) is 5.75 Å². The van der Waals surface area contributed by atoms with Crippen molar-refractivity contribution >= 4 is 27.9 Å². The minimum Gasteiger partial charge on any atom is -0.495 e. The topological polar surface area (TPSA) is 63.2 Å². The Balaban J connectivity index is 1.64. The Bertz CT molecular complexity index is 1000. The maximum absolute atomic E-state index is 13.3. The first-order chi connectivity index (χ1) is 14.2. The highest BCUT2D eigenvalue weighted by Gasteiger charge is 2.28. The predicted octanol–water partition coefficient (Wildman–Crippen LogP) is 5.14. The summed E-state index contributed by atoms with van der Waals surface area (Å²) in [5.41, 5.74) is 3.79. The van der Waals surface area contributed by atoms with Gasteiger partial charge in [0.1, 0.15) is 10.8 Å². The number of aromatic nitrogens is 1. The molecule has 1 aromatic carbocycles. The summed E-state index contributed by atoms with van der Waals surface area (Å²) in [6.45, 7) is 2.94. The van der Waals surface area contributed by atoms with E-state index in [-0.39, 0.29) is 5.91 Å². The van der Waals surface area contributed by atoms with E-state index in [4.69, 9.17) is 4.74 Å². The summed E-state index contributed by atoms with van der Waals surface area (Å²) in [5, 5.41) is 7.49. The van der Waals surface area contributed by atoms with E-state index in [0.717, 1.165) is 35.4 Å². The van der Waals surface area contributed by atoms with E-state index in [1.807, 2.05) is 36.4 Å². The molecule has 0 saturated carbocycles. The number of ether oxygens (including phenoxy) is 1. The van der Waals surface area contributed by atoms with Crippen molar-refractivity contribution in [1.29, 1.82) is 0 Å². The maximum Gasteiger partial charge on any atom is 0.259 e. The van der Waals surface area contributed by atoms with E-state index in [0.29, 0.717) is 23.9 Å². The summed E-state index contributed by atoms with van der Waals surface area (Å²) in [5.74, 6) is 1.22. The van der Waals surface area contributed by atoms with Crippen LogP contribution < -0.4 is 15.4 Å². The summed E-state index contributed by atoms with van der Waals surface area (Å²) in [4.78, 5) is 18.7. The number of carbonyl (C=O) groups is 1. The number of rotatable bonds is 6. The fourth-order valence-corrected chi connectivity index (χ4v) is 5.14. The predicted molar refractivity (Wildman–Crippen MR) is 118 cm³/mol. The van der Waals surface area contributed by atoms with Gasteiger partial charge in [-0.3, -0.25) is 9.78 Å². The highest BCUT2D eigenvalue weighted by molar-refractivity contribution is 7.16. The molecule has 150 valence electrons. The molecule has 5 nitrogen and oxygen atoms in total. The first kappa shape index (κ1) is 19.5. The van der Waals surface area contributed by atoms with Gasteiger partial charge in [0.15, 0.2) is 0 Å². The van der Waals surface area contributed by atoms with Crippen LogP contribution in [-0.2, 0) is 19.4 Å². The molecule has 0 fully saturated rings. The molecule has 29 heavy (non-hydrogen) atoms. The number of pyridine rings is 1. The summed E-state index contributed by atoms with van der Waals surface area (Å²) in [6, 6.07) is 11.5. The zero-order valence-electron chi connectivity index (χ0n) is 16.7. The molecule has 1 amide bonds. The molecule has 0 spiro atoms. The zero-order valence-corrected chi connectivity index (χ0v) is 17.5. The molecule has 0 radical (unpaired) electrons. The van der Waals surface area contributed by atoms with Crippen molar-refractivity contribution < 1.29 is 9.53 Å². The van der Waals surface area contributed by atoms with Gasteiger partial charge in [-0.25, -0.2) is 0 Å². The fourth-order valence-electron chi connectivity index (χ4n) is 3.73. The lowest BCUT2D eigenvalue weighted by molar-refractivity contribution is 0.102. The summed E-state index contributed by atoms with van der Waals surface area (Å²) < 4.78 is 5.39. The van der Waals surface area contributed by atoms with E-state index in [2.05, 4.69) is 22.5 Å². The van der Waals surface area contributed by atoms with E-state index >= 15 is 0 Å². The van der Waals surface area contributed by atoms with Crippen LogP contribution in [-0.4, -0.2) is 18.0 Å². The summed E-state index contributed by atoms with van der Waals surface area (Å²) in [7, 11) is 1.61. The lowest BCUT2D eigenvalue weighted by atomic mass is 9.88. The number of carbonyl (C=O) groups excluding carboxylic acids is 1. The molecule has 1 aliphatic rings. The molecule has 3 aromatic rings. The first-order valence-electron chi connectivity index (χ1n) is 9.87. The molecule has 0 saturated heterocycles. The van der Waals surface area contributed by atoms with Crippen LogP contribution in [0.15, 0.2) is 48.8 Å². The minimum atomic E-state index is -0.0845. The molecule has 2 aromatic heterocycles. The third-order valence-electron chi connectivity index (χ3n) is 5.30. The van der Waals surface area contributed by atoms with Crippen LogP contribution in [0.25, 0.3) is 0 Å². The van der Waals surface area contributed by atoms with Crippen LogP contribution >= 0.6 is 11.3 Å². The molecule has 0 unspecified atom stereocenters. The van der Waals surface area contributed by atoms with Gasteiger partial charge < -0.3 is 15.4 Å². The first-order valence-corrected chi connectivity index (χ1v) is 10.7. The smallest absolute Gasteiger partial charge is 0.259 e. The van der Waals surface area contributed by atoms with Gasteiger partial charge in [-0.05, 0) is 60.6 Å². The van der Waals surface area contributed by atoms with Crippen LogP contribution in [0.1, 0.15) is 39.7 Å². The van der Waals surface area contributed by atoms with E-state index in [9.17, 15) is 4.79 Å². The molecule has 1 aliphatic carbocycles. The van der Waals surface area contributed by atoms with E-state index < -0.39 is 0 Å². The van der Waals surface area contributed by atoms with Crippen LogP contribution in [0.3, 0.4) is 0 Å². The number of benzene rings is 1. The van der Waals surface area contributed by atoms with Gasteiger partial charge in [-0.15, -0.1) is 11.3 Å². The van der Waals surface area contributed by atoms with Gasteiger partial charge in [-0.2, -0.15) is 0 Å². The summed E-state index contributed by atoms with van der Waals surface area (Å²) >= 11 is 1.71. The third kappa shape index (κ3) is 4.27. The molecule has 1 atom stereocenters. The standard InChI is InChI=1S/C23H25N3O2S/c1-15-7-8-17-20(13-15)29-23(25-14-16-9-11-24-12-10-16)21(17)22(27)26-18-5-3-4-6-19(18)28-2/h3-6,9-12,15,25H,7-8,13-14H2,1-2H3,(H,26,27)/t15-/m1/s1. The van der Waals surface area contributed by atoms with Crippen molar-refractivity contribution in [3.8, 4) is 5.75 Å². The van der Waals surface area contributed by atoms with Gasteiger partial charge >= 0.3 is 0 Å². The lowest BCUT2D eigenvalue weighted by Gasteiger charge is -2.19. The lowest BCUT2D eigenvalue weighted by Crippen LogP contribution is -2.18. The molecule has 0 aliphatic heterocycles. The highest BCUT2D eigenvalue weighted by atomic mass is 32.1. The number of methoxy groups -OCH3 is 1. The Labute approximate surface area is 175 Å². The zero-order chi connectivity index (χ0) is 20.2. The molecular weight excluding hydrogens is 382 g/mol. The molecule has 0 bridgehead atoms. The highest BCUT2D eigenvalue weighted by Crippen LogP contribution is 2.40. The van der Waals surface area contributed by atoms with Crippen molar-refractivity contribution in [1.82, 2.24) is 4.98 Å². The van der Waals surface area contributed by atoms with Gasteiger partial charge in [0.05, 0.1) is 18.4 Å². The third-order valence-corrected chi connectivity index (χ3v) is 6.51. The van der Waals surface area contributed by atoms with Crippen LogP contribution in [0.2, 0.25) is 0 Å². The molecule has 2 heterocycles. The second-order valence-electron chi connectivity index (χ2n) is 7.42. The second-order valence-corrected chi connectivity index (χ2v) is 8.52. The molecule has 6 heteroatoms. The van der Waals surface area contributed by atoms with Crippen molar-refractivity contribution in [2.45, 2.75) is 32.7 Å². The average molecular weight is 408 g/mol. The number of para-hydroxylation sites is 2. The van der Waals surface area contributed by atoms with Crippen molar-refractivity contribution in [2.75, 3.05) is 17.7 Å². The van der Waals surface area contributed by atoms with Crippen LogP contribution in [0, 0.1) is 5.92 Å². The van der Waals surface area contributed by atoms with Gasteiger partial charge in [0.25, 0.3) is 5.91 Å². The SMILES string of the molecule is COc1ccccc1NC(=O)c1c(NCc2ccncc2)sc2c1CC[C@@H](C)C2. The number of nitrogens with zero attached hydrogens (tertiary/aromatic N) is 1. The van der Waals surface area contributed by atoms with E-state index in [1.54, 1.807) is 30.8 Å². The number of anilines is 2. The number of thiophene rings is 1. The van der Waals surface area contributed by atoms with Gasteiger partial charge in [0, 0.05) is 23.8 Å². The molecular formula is C23H25N3O2S. The number of hydrogen-bond donors (Lipinski definition) is 2. The summed E-state index contributed by atoms with van der Waals surface area (Å²) in [6.07, 6.45) is 6.66. The normalized spacial score (nSPS) is 15.4. The Kier molecular flexibility index (Phi) is 5.81. The Hall–Kier alpha value is -2.86. The number of nitrogens with one attached hydrogen (secondary N) is 2. The monoisotopic (exact) mass is 407 g/mol. The van der Waals surface area contributed by atoms with Crippen molar-refractivity contribution in [3.05, 3.63) is 70.4 Å². The quantitative estimate of drug-likeness (QED) is 0.594. The number of hydrogen-bond acceptors (Lipinski definition) is 5. The maximum atomic E-state index is 13.3. The van der Waals surface area contributed by atoms with Gasteiger partial charge in [0.2, 0.25) is 0 Å². The Morgan fingerprint density at radius 3 is 2.83 bits per heavy atom. The van der Waals surface area contributed by atoms with Gasteiger partial charge in [-0.1, -0.05) is 19.1 Å². The number of fused-ring (bicyclic) bond motifs is 1. The second kappa shape index (κ2) is 8.66. The largest absolute Gasteiger partial charge is 0.495 e. The Morgan fingerprint density at radius 2 is 2.03 bits per heavy atom. The van der Waals surface area contributed by atoms with E-state index in [1.165, 1.54) is 10.4 Å². The average Bonchev–Trinajstić information content (AvgIpc) is 3.11. The molecule has 4 rings (SSSR count). The molecule has 2 N–H and O–H groups in total. The number of amides is 1. The fraction of sp³-hybridized carbons (Fsp3) is 0.304. The minimum absolute atomic E-state index is 0.0845. The Morgan fingerprint density at radius 1 is 1.24 bits per heavy atom. The van der Waals surface area contributed by atoms with Crippen LogP contribution in [0.4, 0.5) is 10.7 Å².